The van der Waals surface area contributed by atoms with Crippen molar-refractivity contribution in [2.45, 2.75) is 13.0 Å². The number of methoxy groups -OCH3 is 1. The first-order chi connectivity index (χ1) is 12.6. The van der Waals surface area contributed by atoms with E-state index < -0.39 is 0 Å². The number of nitrogens with two attached hydrogens (primary N) is 1. The molecule has 0 aliphatic heterocycles. The van der Waals surface area contributed by atoms with E-state index in [1.54, 1.807) is 12.0 Å². The fraction of sp³-hybridized carbons (Fsp3) is 0.381. The lowest BCUT2D eigenvalue weighted by Gasteiger charge is -2.25. The molecule has 5 nitrogen and oxygen atoms in total. The van der Waals surface area contributed by atoms with Crippen LogP contribution in [0.4, 0.5) is 0 Å². The minimum absolute atomic E-state index is 0. The van der Waals surface area contributed by atoms with E-state index >= 15 is 0 Å². The summed E-state index contributed by atoms with van der Waals surface area (Å²) in [5.74, 6) is 0.917. The van der Waals surface area contributed by atoms with Crippen LogP contribution in [0.5, 0.6) is 5.75 Å². The van der Waals surface area contributed by atoms with E-state index in [-0.39, 0.29) is 18.3 Å². The van der Waals surface area contributed by atoms with Crippen molar-refractivity contribution in [3.8, 4) is 5.75 Å². The summed E-state index contributed by atoms with van der Waals surface area (Å²) in [6, 6.07) is 18.1. The molecule has 2 N–H and O–H groups in total. The number of hydrogen-bond donors (Lipinski definition) is 1. The predicted octanol–water partition coefficient (Wildman–Crippen LogP) is 2.58. The van der Waals surface area contributed by atoms with Gasteiger partial charge in [-0.15, -0.1) is 12.4 Å². The SMILES string of the molecule is COc1ccc(CN(C)C(=O)CN(CCN)CCc2ccccc2)cc1.Cl. The maximum absolute atomic E-state index is 12.6. The van der Waals surface area contributed by atoms with Gasteiger partial charge in [0.05, 0.1) is 13.7 Å². The number of rotatable bonds is 10. The highest BCUT2D eigenvalue weighted by atomic mass is 35.5. The molecule has 0 radical (unpaired) electrons. The molecule has 0 heterocycles. The molecule has 2 aromatic rings. The molecule has 0 aliphatic rings. The Morgan fingerprint density at radius 3 is 2.26 bits per heavy atom. The Labute approximate surface area is 168 Å². The lowest BCUT2D eigenvalue weighted by Crippen LogP contribution is -2.41. The van der Waals surface area contributed by atoms with Crippen molar-refractivity contribution < 1.29 is 9.53 Å². The molecule has 27 heavy (non-hydrogen) atoms. The minimum atomic E-state index is 0. The van der Waals surface area contributed by atoms with E-state index in [4.69, 9.17) is 10.5 Å². The minimum Gasteiger partial charge on any atom is -0.497 e. The Balaban J connectivity index is 0.00000364. The van der Waals surface area contributed by atoms with Crippen LogP contribution in [0.1, 0.15) is 11.1 Å². The average Bonchev–Trinajstić information content (AvgIpc) is 2.67. The molecular formula is C21H30ClN3O2. The summed E-state index contributed by atoms with van der Waals surface area (Å²) in [7, 11) is 3.48. The number of ether oxygens (including phenoxy) is 1. The van der Waals surface area contributed by atoms with Gasteiger partial charge in [-0.25, -0.2) is 0 Å². The number of likely N-dealkylation sites (N-methyl/N-ethyl adjacent to an activating group) is 1. The molecule has 2 rings (SSSR count). The zero-order valence-electron chi connectivity index (χ0n) is 16.1. The molecule has 0 saturated heterocycles. The third kappa shape index (κ3) is 7.99. The van der Waals surface area contributed by atoms with Crippen molar-refractivity contribution in [3.05, 3.63) is 65.7 Å². The molecule has 0 unspecified atom stereocenters. The second-order valence-corrected chi connectivity index (χ2v) is 6.40. The molecule has 6 heteroatoms. The topological polar surface area (TPSA) is 58.8 Å². The van der Waals surface area contributed by atoms with E-state index in [1.807, 2.05) is 49.5 Å². The summed E-state index contributed by atoms with van der Waals surface area (Å²) in [5, 5.41) is 0. The van der Waals surface area contributed by atoms with Gasteiger partial charge in [-0.05, 0) is 29.7 Å². The van der Waals surface area contributed by atoms with Crippen LogP contribution in [0.2, 0.25) is 0 Å². The van der Waals surface area contributed by atoms with Crippen molar-refractivity contribution in [3.63, 3.8) is 0 Å². The predicted molar refractivity (Wildman–Crippen MR) is 112 cm³/mol. The fourth-order valence-electron chi connectivity index (χ4n) is 2.79. The van der Waals surface area contributed by atoms with Gasteiger partial charge in [0, 0.05) is 33.2 Å². The maximum atomic E-state index is 12.6. The van der Waals surface area contributed by atoms with Crippen molar-refractivity contribution in [1.82, 2.24) is 9.80 Å². The monoisotopic (exact) mass is 391 g/mol. The van der Waals surface area contributed by atoms with E-state index in [9.17, 15) is 4.79 Å². The van der Waals surface area contributed by atoms with E-state index in [0.29, 0.717) is 19.6 Å². The van der Waals surface area contributed by atoms with Crippen molar-refractivity contribution in [1.29, 1.82) is 0 Å². The van der Waals surface area contributed by atoms with Crippen LogP contribution >= 0.6 is 12.4 Å². The Kier molecular flexibility index (Phi) is 10.5. The summed E-state index contributed by atoms with van der Waals surface area (Å²) in [6.07, 6.45) is 0.913. The molecule has 1 amide bonds. The van der Waals surface area contributed by atoms with Crippen LogP contribution in [0.25, 0.3) is 0 Å². The first kappa shape index (κ1) is 23.0. The van der Waals surface area contributed by atoms with Crippen molar-refractivity contribution in [2.24, 2.45) is 5.73 Å². The molecule has 0 spiro atoms. The summed E-state index contributed by atoms with van der Waals surface area (Å²) < 4.78 is 5.17. The third-order valence-corrected chi connectivity index (χ3v) is 4.37. The number of nitrogens with zero attached hydrogens (tertiary/aromatic N) is 2. The van der Waals surface area contributed by atoms with Crippen LogP contribution in [0, 0.1) is 0 Å². The fourth-order valence-corrected chi connectivity index (χ4v) is 2.79. The Bertz CT molecular complexity index is 665. The molecule has 2 aromatic carbocycles. The normalized spacial score (nSPS) is 10.4. The number of hydrogen-bond acceptors (Lipinski definition) is 4. The summed E-state index contributed by atoms with van der Waals surface area (Å²) in [4.78, 5) is 16.5. The van der Waals surface area contributed by atoms with Gasteiger partial charge in [0.25, 0.3) is 0 Å². The highest BCUT2D eigenvalue weighted by molar-refractivity contribution is 5.85. The Morgan fingerprint density at radius 2 is 1.67 bits per heavy atom. The van der Waals surface area contributed by atoms with Crippen molar-refractivity contribution in [2.75, 3.05) is 40.3 Å². The lowest BCUT2D eigenvalue weighted by atomic mass is 10.1. The number of benzene rings is 2. The summed E-state index contributed by atoms with van der Waals surface area (Å²) in [5.41, 5.74) is 8.07. The third-order valence-electron chi connectivity index (χ3n) is 4.37. The van der Waals surface area contributed by atoms with Gasteiger partial charge in [-0.2, -0.15) is 0 Å². The molecule has 0 saturated carbocycles. The Morgan fingerprint density at radius 1 is 1.00 bits per heavy atom. The van der Waals surface area contributed by atoms with Gasteiger partial charge in [0.2, 0.25) is 5.91 Å². The van der Waals surface area contributed by atoms with Gasteiger partial charge in [-0.1, -0.05) is 42.5 Å². The standard InChI is InChI=1S/C21H29N3O2.ClH/c1-23(16-19-8-10-20(26-2)11-9-19)21(25)17-24(15-13-22)14-12-18-6-4-3-5-7-18;/h3-11H,12-17,22H2,1-2H3;1H. The highest BCUT2D eigenvalue weighted by Crippen LogP contribution is 2.12. The number of amides is 1. The van der Waals surface area contributed by atoms with Gasteiger partial charge in [0.1, 0.15) is 5.75 Å². The largest absolute Gasteiger partial charge is 0.497 e. The molecule has 0 aromatic heterocycles. The maximum Gasteiger partial charge on any atom is 0.236 e. The molecule has 0 bridgehead atoms. The van der Waals surface area contributed by atoms with E-state index in [2.05, 4.69) is 17.0 Å². The zero-order valence-corrected chi connectivity index (χ0v) is 17.0. The van der Waals surface area contributed by atoms with Crippen LogP contribution in [0.15, 0.2) is 54.6 Å². The van der Waals surface area contributed by atoms with Crippen LogP contribution < -0.4 is 10.5 Å². The van der Waals surface area contributed by atoms with Crippen LogP contribution in [0.3, 0.4) is 0 Å². The second-order valence-electron chi connectivity index (χ2n) is 6.40. The summed E-state index contributed by atoms with van der Waals surface area (Å²) in [6.45, 7) is 3.05. The van der Waals surface area contributed by atoms with E-state index in [1.165, 1.54) is 5.56 Å². The molecular weight excluding hydrogens is 362 g/mol. The van der Waals surface area contributed by atoms with Crippen LogP contribution in [-0.4, -0.2) is 56.0 Å². The molecule has 148 valence electrons. The van der Waals surface area contributed by atoms with Crippen molar-refractivity contribution >= 4 is 18.3 Å². The van der Waals surface area contributed by atoms with Gasteiger partial charge in [-0.3, -0.25) is 9.69 Å². The lowest BCUT2D eigenvalue weighted by molar-refractivity contribution is -0.131. The van der Waals surface area contributed by atoms with Crippen LogP contribution in [-0.2, 0) is 17.8 Å². The quantitative estimate of drug-likeness (QED) is 0.676. The zero-order chi connectivity index (χ0) is 18.8. The van der Waals surface area contributed by atoms with Gasteiger partial charge < -0.3 is 15.4 Å². The summed E-state index contributed by atoms with van der Waals surface area (Å²) >= 11 is 0. The average molecular weight is 392 g/mol. The highest BCUT2D eigenvalue weighted by Gasteiger charge is 2.14. The van der Waals surface area contributed by atoms with E-state index in [0.717, 1.165) is 30.8 Å². The number of halogens is 1. The van der Waals surface area contributed by atoms with Gasteiger partial charge >= 0.3 is 0 Å². The number of carbonyl (C=O) groups is 1. The first-order valence-electron chi connectivity index (χ1n) is 8.95. The van der Waals surface area contributed by atoms with Gasteiger partial charge in [0.15, 0.2) is 0 Å². The molecule has 0 fully saturated rings. The number of carbonyl (C=O) groups excluding carboxylic acids is 1. The molecule has 0 aliphatic carbocycles. The first-order valence-corrected chi connectivity index (χ1v) is 8.95. The second kappa shape index (κ2) is 12.3. The molecule has 0 atom stereocenters. The smallest absolute Gasteiger partial charge is 0.236 e. The Hall–Kier alpha value is -2.08.